The van der Waals surface area contributed by atoms with E-state index in [1.807, 2.05) is 31.1 Å². The number of sulfonamides is 1. The van der Waals surface area contributed by atoms with Crippen LogP contribution in [-0.4, -0.2) is 66.1 Å². The summed E-state index contributed by atoms with van der Waals surface area (Å²) in [7, 11) is 0.294. The van der Waals surface area contributed by atoms with Crippen LogP contribution in [0.4, 0.5) is 11.4 Å². The average Bonchev–Trinajstić information content (AvgIpc) is 3.32. The van der Waals surface area contributed by atoms with Crippen molar-refractivity contribution in [3.05, 3.63) is 58.4 Å². The number of hydrogen-bond donors (Lipinski definition) is 3. The molecule has 200 valence electrons. The van der Waals surface area contributed by atoms with Crippen molar-refractivity contribution in [1.82, 2.24) is 10.2 Å². The van der Waals surface area contributed by atoms with Crippen LogP contribution >= 0.6 is 0 Å². The molecule has 0 fully saturated rings. The minimum atomic E-state index is -3.39. The smallest absolute Gasteiger partial charge is 0.233 e. The van der Waals surface area contributed by atoms with E-state index in [1.54, 1.807) is 30.5 Å². The molecule has 4 rings (SSSR count). The number of nitrogens with one attached hydrogen (secondary N) is 3. The number of hydrogen-bond acceptors (Lipinski definition) is 9. The van der Waals surface area contributed by atoms with Crippen LogP contribution in [-0.2, 0) is 16.4 Å². The molecule has 1 aliphatic rings. The van der Waals surface area contributed by atoms with Crippen molar-refractivity contribution in [1.29, 1.82) is 0 Å². The first-order valence-corrected chi connectivity index (χ1v) is 14.0. The van der Waals surface area contributed by atoms with Gasteiger partial charge in [0.25, 0.3) is 0 Å². The Morgan fingerprint density at radius 2 is 1.76 bits per heavy atom. The van der Waals surface area contributed by atoms with Crippen LogP contribution in [0.3, 0.4) is 0 Å². The van der Waals surface area contributed by atoms with Crippen LogP contribution in [0.5, 0.6) is 11.5 Å². The molecule has 37 heavy (non-hydrogen) atoms. The molecule has 10 nitrogen and oxygen atoms in total. The number of unbranched alkanes of at least 4 members (excludes halogenated alkanes) is 1. The van der Waals surface area contributed by atoms with Gasteiger partial charge < -0.3 is 29.4 Å². The van der Waals surface area contributed by atoms with E-state index in [9.17, 15) is 13.2 Å². The van der Waals surface area contributed by atoms with E-state index in [2.05, 4.69) is 15.4 Å². The quantitative estimate of drug-likeness (QED) is 0.270. The molecule has 11 heteroatoms. The molecule has 0 saturated heterocycles. The van der Waals surface area contributed by atoms with Gasteiger partial charge in [0.1, 0.15) is 5.58 Å². The zero-order valence-corrected chi connectivity index (χ0v) is 22.0. The summed E-state index contributed by atoms with van der Waals surface area (Å²) in [5.74, 6) is 1.21. The fourth-order valence-electron chi connectivity index (χ4n) is 3.94. The second-order valence-corrected chi connectivity index (χ2v) is 11.1. The molecule has 1 aromatic heterocycles. The first-order valence-electron chi connectivity index (χ1n) is 12.3. The third-order valence-corrected chi connectivity index (χ3v) is 7.23. The summed E-state index contributed by atoms with van der Waals surface area (Å²) in [6, 6.07) is 10.6. The predicted octanol–water partition coefficient (Wildman–Crippen LogP) is 2.85. The third kappa shape index (κ3) is 7.61. The minimum Gasteiger partial charge on any atom is -0.464 e. The summed E-state index contributed by atoms with van der Waals surface area (Å²) < 4.78 is 43.4. The van der Waals surface area contributed by atoms with Gasteiger partial charge in [0.2, 0.25) is 16.8 Å². The van der Waals surface area contributed by atoms with Crippen molar-refractivity contribution in [3.63, 3.8) is 0 Å². The van der Waals surface area contributed by atoms with E-state index in [1.165, 1.54) is 0 Å². The molecular weight excluding hydrogens is 496 g/mol. The van der Waals surface area contributed by atoms with Crippen LogP contribution in [0.25, 0.3) is 11.0 Å². The lowest BCUT2D eigenvalue weighted by Crippen LogP contribution is -2.26. The minimum absolute atomic E-state index is 0.0288. The van der Waals surface area contributed by atoms with Crippen molar-refractivity contribution >= 4 is 32.4 Å². The average molecular weight is 531 g/mol. The number of fused-ring (bicyclic) bond motifs is 2. The lowest BCUT2D eigenvalue weighted by Gasteiger charge is -2.13. The molecule has 3 N–H and O–H groups in total. The summed E-state index contributed by atoms with van der Waals surface area (Å²) in [5.41, 5.74) is 2.52. The Morgan fingerprint density at radius 3 is 2.57 bits per heavy atom. The molecule has 0 unspecified atom stereocenters. The van der Waals surface area contributed by atoms with E-state index >= 15 is 0 Å². The summed E-state index contributed by atoms with van der Waals surface area (Å²) in [5, 5.41) is 7.20. The van der Waals surface area contributed by atoms with Crippen molar-refractivity contribution in [3.8, 4) is 11.5 Å². The van der Waals surface area contributed by atoms with Crippen LogP contribution in [0, 0.1) is 0 Å². The van der Waals surface area contributed by atoms with E-state index in [0.717, 1.165) is 31.6 Å². The Labute approximate surface area is 217 Å². The highest BCUT2D eigenvalue weighted by atomic mass is 32.2. The topological polar surface area (TPSA) is 122 Å². The molecule has 3 aromatic rings. The fourth-order valence-corrected chi connectivity index (χ4v) is 5.14. The molecule has 0 atom stereocenters. The Balaban J connectivity index is 1.15. The highest BCUT2D eigenvalue weighted by molar-refractivity contribution is 7.92. The van der Waals surface area contributed by atoms with Gasteiger partial charge in [-0.25, -0.2) is 8.42 Å². The zero-order chi connectivity index (χ0) is 26.3. The standard InChI is InChI=1S/C26H34N4O6S/c1-30(2)12-13-37(32,33)29-21-8-5-7-20(14-21)28-11-10-27-9-4-3-6-19-17-34-23-16-25-24(35-18-36-25)15-22(23)26(19)31/h5,7-8,14-17,27-29H,3-4,6,9-13,18H2,1-2H3. The van der Waals surface area contributed by atoms with Gasteiger partial charge in [0.05, 0.1) is 23.1 Å². The van der Waals surface area contributed by atoms with E-state index in [0.29, 0.717) is 53.2 Å². The maximum atomic E-state index is 12.8. The highest BCUT2D eigenvalue weighted by Gasteiger charge is 2.17. The van der Waals surface area contributed by atoms with E-state index in [-0.39, 0.29) is 18.0 Å². The second-order valence-electron chi connectivity index (χ2n) is 9.23. The van der Waals surface area contributed by atoms with Crippen LogP contribution < -0.4 is 30.3 Å². The largest absolute Gasteiger partial charge is 0.464 e. The maximum absolute atomic E-state index is 12.8. The molecular formula is C26H34N4O6S. The van der Waals surface area contributed by atoms with Crippen molar-refractivity contribution in [2.75, 3.05) is 62.9 Å². The Hall–Kier alpha value is -3.28. The molecule has 2 heterocycles. The molecule has 1 aliphatic heterocycles. The van der Waals surface area contributed by atoms with Gasteiger partial charge in [0, 0.05) is 37.0 Å². The second kappa shape index (κ2) is 12.3. The Kier molecular flexibility index (Phi) is 8.91. The van der Waals surface area contributed by atoms with Crippen molar-refractivity contribution in [2.45, 2.75) is 19.3 Å². The number of rotatable bonds is 14. The molecule has 0 spiro atoms. The summed E-state index contributed by atoms with van der Waals surface area (Å²) >= 11 is 0. The lowest BCUT2D eigenvalue weighted by atomic mass is 10.1. The Morgan fingerprint density at radius 1 is 0.973 bits per heavy atom. The first-order chi connectivity index (χ1) is 17.8. The number of nitrogens with zero attached hydrogens (tertiary/aromatic N) is 1. The van der Waals surface area contributed by atoms with Crippen molar-refractivity contribution < 1.29 is 22.3 Å². The zero-order valence-electron chi connectivity index (χ0n) is 21.2. The summed E-state index contributed by atoms with van der Waals surface area (Å²) in [6.45, 7) is 2.89. The van der Waals surface area contributed by atoms with Gasteiger partial charge in [0.15, 0.2) is 16.9 Å². The van der Waals surface area contributed by atoms with Gasteiger partial charge in [-0.3, -0.25) is 9.52 Å². The Bertz CT molecular complexity index is 1370. The van der Waals surface area contributed by atoms with Crippen LogP contribution in [0.1, 0.15) is 18.4 Å². The van der Waals surface area contributed by atoms with Gasteiger partial charge in [-0.1, -0.05) is 6.07 Å². The first kappa shape index (κ1) is 26.8. The van der Waals surface area contributed by atoms with Crippen LogP contribution in [0.2, 0.25) is 0 Å². The number of anilines is 2. The molecule has 0 amide bonds. The predicted molar refractivity (Wildman–Crippen MR) is 145 cm³/mol. The summed E-state index contributed by atoms with van der Waals surface area (Å²) in [6.07, 6.45) is 3.96. The molecule has 0 bridgehead atoms. The fraction of sp³-hybridized carbons (Fsp3) is 0.423. The molecule has 2 aromatic carbocycles. The van der Waals surface area contributed by atoms with Gasteiger partial charge >= 0.3 is 0 Å². The SMILES string of the molecule is CN(C)CCS(=O)(=O)Nc1cccc(NCCNCCCCc2coc3cc4c(cc3c2=O)OCO4)c1. The van der Waals surface area contributed by atoms with Gasteiger partial charge in [-0.05, 0) is 64.2 Å². The van der Waals surface area contributed by atoms with Gasteiger partial charge in [-0.15, -0.1) is 0 Å². The monoisotopic (exact) mass is 530 g/mol. The molecule has 0 saturated carbocycles. The molecule has 0 radical (unpaired) electrons. The van der Waals surface area contributed by atoms with Gasteiger partial charge in [-0.2, -0.15) is 0 Å². The van der Waals surface area contributed by atoms with Crippen molar-refractivity contribution in [2.24, 2.45) is 0 Å². The van der Waals surface area contributed by atoms with E-state index < -0.39 is 10.0 Å². The lowest BCUT2D eigenvalue weighted by molar-refractivity contribution is 0.174. The number of benzene rings is 2. The number of aryl methyl sites for hydroxylation is 1. The maximum Gasteiger partial charge on any atom is 0.233 e. The van der Waals surface area contributed by atoms with E-state index in [4.69, 9.17) is 13.9 Å². The molecule has 0 aliphatic carbocycles. The van der Waals surface area contributed by atoms with Crippen LogP contribution in [0.15, 0.2) is 51.9 Å². The summed E-state index contributed by atoms with van der Waals surface area (Å²) in [4.78, 5) is 14.6. The normalized spacial score (nSPS) is 12.8. The third-order valence-electron chi connectivity index (χ3n) is 5.96. The highest BCUT2D eigenvalue weighted by Crippen LogP contribution is 2.35. The number of ether oxygens (including phenoxy) is 2.